The van der Waals surface area contributed by atoms with Crippen molar-refractivity contribution in [3.8, 4) is 0 Å². The Bertz CT molecular complexity index is 829. The second-order valence-electron chi connectivity index (χ2n) is 3.96. The van der Waals surface area contributed by atoms with E-state index in [2.05, 4.69) is 14.9 Å². The lowest BCUT2D eigenvalue weighted by Crippen LogP contribution is -2.15. The van der Waals surface area contributed by atoms with Crippen molar-refractivity contribution in [2.75, 3.05) is 11.0 Å². The number of halogens is 1. The van der Waals surface area contributed by atoms with Gasteiger partial charge in [0.05, 0.1) is 16.8 Å². The van der Waals surface area contributed by atoms with Crippen molar-refractivity contribution >= 4 is 25.5 Å². The maximum absolute atomic E-state index is 13.6. The minimum absolute atomic E-state index is 0.106. The van der Waals surface area contributed by atoms with E-state index in [1.165, 1.54) is 12.4 Å². The largest absolute Gasteiger partial charge is 0.284 e. The average Bonchev–Trinajstić information content (AvgIpc) is 2.79. The predicted octanol–water partition coefficient (Wildman–Crippen LogP) is 0.753. The smallest absolute Gasteiger partial charge is 0.264 e. The van der Waals surface area contributed by atoms with E-state index in [1.807, 2.05) is 0 Å². The summed E-state index contributed by atoms with van der Waals surface area (Å²) in [7, 11) is -7.89. The number of sulfonamides is 1. The Kier molecular flexibility index (Phi) is 3.52. The molecule has 0 radical (unpaired) electrons. The van der Waals surface area contributed by atoms with Crippen molar-refractivity contribution in [2.24, 2.45) is 0 Å². The maximum atomic E-state index is 13.6. The summed E-state index contributed by atoms with van der Waals surface area (Å²) in [5.41, 5.74) is 0.106. The van der Waals surface area contributed by atoms with Gasteiger partial charge in [0, 0.05) is 12.5 Å². The maximum Gasteiger partial charge on any atom is 0.264 e. The molecular weight excluding hydrogens is 309 g/mol. The number of aromatic nitrogens is 2. The molecule has 1 aromatic heterocycles. The first-order valence-electron chi connectivity index (χ1n) is 5.21. The molecule has 10 heteroatoms. The van der Waals surface area contributed by atoms with Crippen LogP contribution >= 0.6 is 0 Å². The highest BCUT2D eigenvalue weighted by molar-refractivity contribution is 7.93. The van der Waals surface area contributed by atoms with Gasteiger partial charge in [-0.3, -0.25) is 9.82 Å². The molecule has 0 spiro atoms. The number of anilines is 1. The molecule has 108 valence electrons. The van der Waals surface area contributed by atoms with E-state index in [0.717, 1.165) is 24.5 Å². The normalized spacial score (nSPS) is 12.3. The van der Waals surface area contributed by atoms with Gasteiger partial charge in [-0.2, -0.15) is 5.10 Å². The molecule has 0 bridgehead atoms. The van der Waals surface area contributed by atoms with Crippen LogP contribution in [0.25, 0.3) is 0 Å². The van der Waals surface area contributed by atoms with E-state index < -0.39 is 30.6 Å². The zero-order chi connectivity index (χ0) is 15.0. The van der Waals surface area contributed by atoms with Crippen molar-refractivity contribution in [1.29, 1.82) is 0 Å². The van der Waals surface area contributed by atoms with E-state index in [1.54, 1.807) is 0 Å². The van der Waals surface area contributed by atoms with Crippen LogP contribution in [-0.4, -0.2) is 33.3 Å². The van der Waals surface area contributed by atoms with E-state index in [9.17, 15) is 21.2 Å². The molecular formula is C10H10FN3O4S2. The molecule has 1 aromatic carbocycles. The van der Waals surface area contributed by atoms with Gasteiger partial charge in [-0.1, -0.05) is 0 Å². The summed E-state index contributed by atoms with van der Waals surface area (Å²) < 4.78 is 62.5. The highest BCUT2D eigenvalue weighted by atomic mass is 32.2. The highest BCUT2D eigenvalue weighted by Gasteiger charge is 2.22. The molecule has 20 heavy (non-hydrogen) atoms. The van der Waals surface area contributed by atoms with Gasteiger partial charge in [-0.15, -0.1) is 0 Å². The minimum atomic E-state index is -4.25. The zero-order valence-corrected chi connectivity index (χ0v) is 11.8. The van der Waals surface area contributed by atoms with E-state index in [0.29, 0.717) is 0 Å². The Morgan fingerprint density at radius 1 is 1.25 bits per heavy atom. The van der Waals surface area contributed by atoms with Crippen LogP contribution in [-0.2, 0) is 19.9 Å². The molecule has 0 aliphatic rings. The molecule has 1 heterocycles. The fourth-order valence-electron chi connectivity index (χ4n) is 1.44. The van der Waals surface area contributed by atoms with Crippen LogP contribution in [0.4, 0.5) is 10.1 Å². The first kappa shape index (κ1) is 14.5. The Morgan fingerprint density at radius 3 is 2.50 bits per heavy atom. The van der Waals surface area contributed by atoms with Crippen molar-refractivity contribution in [3.63, 3.8) is 0 Å². The van der Waals surface area contributed by atoms with Crippen LogP contribution in [0.5, 0.6) is 0 Å². The summed E-state index contributed by atoms with van der Waals surface area (Å²) in [5.74, 6) is -1.05. The zero-order valence-electron chi connectivity index (χ0n) is 10.2. The SMILES string of the molecule is CS(=O)(=O)c1ccc(F)c(S(=O)(=O)Nc2cn[nH]c2)c1. The summed E-state index contributed by atoms with van der Waals surface area (Å²) in [6, 6.07) is 2.56. The van der Waals surface area contributed by atoms with Gasteiger partial charge in [-0.05, 0) is 18.2 Å². The Balaban J connectivity index is 2.51. The molecule has 2 N–H and O–H groups in total. The van der Waals surface area contributed by atoms with Crippen LogP contribution in [0.3, 0.4) is 0 Å². The predicted molar refractivity (Wildman–Crippen MR) is 68.9 cm³/mol. The van der Waals surface area contributed by atoms with Crippen molar-refractivity contribution in [3.05, 3.63) is 36.4 Å². The minimum Gasteiger partial charge on any atom is -0.284 e. The third-order valence-corrected chi connectivity index (χ3v) is 4.88. The fraction of sp³-hybridized carbons (Fsp3) is 0.100. The summed E-state index contributed by atoms with van der Waals surface area (Å²) in [6.07, 6.45) is 3.35. The van der Waals surface area contributed by atoms with E-state index >= 15 is 0 Å². The molecule has 0 atom stereocenters. The summed E-state index contributed by atoms with van der Waals surface area (Å²) in [6.45, 7) is 0. The molecule has 0 fully saturated rings. The molecule has 0 aliphatic heterocycles. The lowest BCUT2D eigenvalue weighted by Gasteiger charge is -2.08. The molecule has 7 nitrogen and oxygen atoms in total. The molecule has 0 aliphatic carbocycles. The number of H-pyrrole nitrogens is 1. The number of hydrogen-bond acceptors (Lipinski definition) is 5. The Morgan fingerprint density at radius 2 is 1.95 bits per heavy atom. The van der Waals surface area contributed by atoms with E-state index in [4.69, 9.17) is 0 Å². The number of sulfone groups is 1. The standard InChI is InChI=1S/C10H10FN3O4S2/c1-19(15,16)8-2-3-9(11)10(4-8)20(17,18)14-7-5-12-13-6-7/h2-6,14H,1H3,(H,12,13). The number of hydrogen-bond donors (Lipinski definition) is 2. The van der Waals surface area contributed by atoms with Gasteiger partial charge in [-0.25, -0.2) is 21.2 Å². The van der Waals surface area contributed by atoms with Gasteiger partial charge >= 0.3 is 0 Å². The monoisotopic (exact) mass is 319 g/mol. The van der Waals surface area contributed by atoms with Crippen LogP contribution in [0, 0.1) is 5.82 Å². The van der Waals surface area contributed by atoms with Crippen LogP contribution in [0.15, 0.2) is 40.4 Å². The Hall–Kier alpha value is -1.94. The van der Waals surface area contributed by atoms with Crippen molar-refractivity contribution in [1.82, 2.24) is 10.2 Å². The molecule has 2 aromatic rings. The van der Waals surface area contributed by atoms with E-state index in [-0.39, 0.29) is 10.6 Å². The van der Waals surface area contributed by atoms with Gasteiger partial charge in [0.2, 0.25) is 0 Å². The first-order valence-corrected chi connectivity index (χ1v) is 8.59. The topological polar surface area (TPSA) is 109 Å². The number of nitrogens with zero attached hydrogens (tertiary/aromatic N) is 1. The van der Waals surface area contributed by atoms with Crippen LogP contribution in [0.1, 0.15) is 0 Å². The first-order chi connectivity index (χ1) is 9.20. The lowest BCUT2D eigenvalue weighted by atomic mass is 10.3. The van der Waals surface area contributed by atoms with Crippen molar-refractivity contribution in [2.45, 2.75) is 9.79 Å². The molecule has 2 rings (SSSR count). The summed E-state index contributed by atoms with van der Waals surface area (Å²) in [4.78, 5) is -1.03. The third-order valence-electron chi connectivity index (χ3n) is 2.37. The average molecular weight is 319 g/mol. The van der Waals surface area contributed by atoms with Gasteiger partial charge < -0.3 is 0 Å². The van der Waals surface area contributed by atoms with Gasteiger partial charge in [0.15, 0.2) is 9.84 Å². The second-order valence-corrected chi connectivity index (χ2v) is 7.62. The Labute approximate surface area is 114 Å². The molecule has 0 amide bonds. The van der Waals surface area contributed by atoms with Crippen molar-refractivity contribution < 1.29 is 21.2 Å². The van der Waals surface area contributed by atoms with Crippen LogP contribution in [0.2, 0.25) is 0 Å². The summed E-state index contributed by atoms with van der Waals surface area (Å²) in [5, 5.41) is 5.93. The number of benzene rings is 1. The van der Waals surface area contributed by atoms with Gasteiger partial charge in [0.25, 0.3) is 10.0 Å². The number of aromatic amines is 1. The number of rotatable bonds is 4. The van der Waals surface area contributed by atoms with Gasteiger partial charge in [0.1, 0.15) is 10.7 Å². The number of nitrogens with one attached hydrogen (secondary N) is 2. The lowest BCUT2D eigenvalue weighted by molar-refractivity contribution is 0.567. The second kappa shape index (κ2) is 4.87. The molecule has 0 unspecified atom stereocenters. The third kappa shape index (κ3) is 2.96. The quantitative estimate of drug-likeness (QED) is 0.808. The highest BCUT2D eigenvalue weighted by Crippen LogP contribution is 2.21. The molecule has 0 saturated heterocycles. The fourth-order valence-corrected chi connectivity index (χ4v) is 3.30. The van der Waals surface area contributed by atoms with Crippen LogP contribution < -0.4 is 4.72 Å². The summed E-state index contributed by atoms with van der Waals surface area (Å²) >= 11 is 0. The molecule has 0 saturated carbocycles.